The van der Waals surface area contributed by atoms with E-state index in [1.807, 2.05) is 18.2 Å². The average molecular weight is 274 g/mol. The molecule has 0 bridgehead atoms. The first-order valence-corrected chi connectivity index (χ1v) is 7.32. The van der Waals surface area contributed by atoms with Crippen molar-refractivity contribution in [3.63, 3.8) is 0 Å². The molecule has 2 rings (SSSR count). The summed E-state index contributed by atoms with van der Waals surface area (Å²) in [6.45, 7) is 7.43. The maximum atomic E-state index is 7.89. The summed E-state index contributed by atoms with van der Waals surface area (Å²) in [4.78, 5) is 4.86. The monoisotopic (exact) mass is 274 g/mol. The van der Waals surface area contributed by atoms with Crippen molar-refractivity contribution in [3.05, 3.63) is 35.9 Å². The smallest absolute Gasteiger partial charge is 0.0995 e. The highest BCUT2D eigenvalue weighted by molar-refractivity contribution is 5.84. The van der Waals surface area contributed by atoms with Gasteiger partial charge in [-0.15, -0.1) is 0 Å². The van der Waals surface area contributed by atoms with Crippen LogP contribution in [0.4, 0.5) is 0 Å². The molecule has 3 unspecified atom stereocenters. The number of rotatable bonds is 4. The summed E-state index contributed by atoms with van der Waals surface area (Å²) in [5.41, 5.74) is 6.97. The summed E-state index contributed by atoms with van der Waals surface area (Å²) < 4.78 is 0. The number of likely N-dealkylation sites (N-methyl/N-ethyl adjacent to an activating group) is 1. The fourth-order valence-corrected chi connectivity index (χ4v) is 2.99. The van der Waals surface area contributed by atoms with E-state index < -0.39 is 0 Å². The van der Waals surface area contributed by atoms with Gasteiger partial charge < -0.3 is 5.73 Å². The first kappa shape index (κ1) is 15.0. The van der Waals surface area contributed by atoms with Crippen LogP contribution >= 0.6 is 0 Å². The van der Waals surface area contributed by atoms with Crippen LogP contribution in [0.3, 0.4) is 0 Å². The molecular weight excluding hydrogens is 248 g/mol. The van der Waals surface area contributed by atoms with Gasteiger partial charge in [0.15, 0.2) is 0 Å². The quantitative estimate of drug-likeness (QED) is 0.649. The van der Waals surface area contributed by atoms with Crippen molar-refractivity contribution < 1.29 is 0 Å². The second kappa shape index (κ2) is 6.37. The molecule has 4 heteroatoms. The van der Waals surface area contributed by atoms with Crippen molar-refractivity contribution in [2.45, 2.75) is 31.8 Å². The first-order valence-electron chi connectivity index (χ1n) is 7.32. The van der Waals surface area contributed by atoms with Gasteiger partial charge in [-0.05, 0) is 26.5 Å². The Balaban J connectivity index is 2.08. The summed E-state index contributed by atoms with van der Waals surface area (Å²) in [6, 6.07) is 11.2. The van der Waals surface area contributed by atoms with Crippen LogP contribution in [0.15, 0.2) is 30.3 Å². The van der Waals surface area contributed by atoms with Gasteiger partial charge in [0.1, 0.15) is 0 Å². The summed E-state index contributed by atoms with van der Waals surface area (Å²) in [7, 11) is 2.19. The van der Waals surface area contributed by atoms with Gasteiger partial charge in [-0.2, -0.15) is 0 Å². The molecule has 1 aromatic rings. The van der Waals surface area contributed by atoms with Gasteiger partial charge in [0, 0.05) is 31.7 Å². The van der Waals surface area contributed by atoms with E-state index in [0.29, 0.717) is 12.1 Å². The molecule has 0 radical (unpaired) electrons. The maximum Gasteiger partial charge on any atom is 0.0995 e. The number of piperazine rings is 1. The molecule has 0 aliphatic carbocycles. The molecule has 0 spiro atoms. The van der Waals surface area contributed by atoms with Crippen LogP contribution < -0.4 is 5.73 Å². The normalized spacial score (nSPS) is 26.4. The van der Waals surface area contributed by atoms with Gasteiger partial charge in [-0.25, -0.2) is 0 Å². The van der Waals surface area contributed by atoms with Crippen LogP contribution in [0.25, 0.3) is 0 Å². The zero-order chi connectivity index (χ0) is 14.7. The minimum absolute atomic E-state index is 0.000920. The maximum absolute atomic E-state index is 7.89. The highest BCUT2D eigenvalue weighted by atomic mass is 15.3. The van der Waals surface area contributed by atoms with Crippen LogP contribution in [0.2, 0.25) is 0 Å². The van der Waals surface area contributed by atoms with Crippen molar-refractivity contribution in [2.24, 2.45) is 5.73 Å². The summed E-state index contributed by atoms with van der Waals surface area (Å²) in [5.74, 6) is 0.259. The van der Waals surface area contributed by atoms with Crippen LogP contribution in [-0.2, 0) is 0 Å². The lowest BCUT2D eigenvalue weighted by Gasteiger charge is -2.43. The number of nitrogens with zero attached hydrogens (tertiary/aromatic N) is 2. The third-order valence-corrected chi connectivity index (χ3v) is 4.45. The Hall–Kier alpha value is -1.39. The van der Waals surface area contributed by atoms with Crippen molar-refractivity contribution in [1.29, 1.82) is 5.41 Å². The molecule has 0 saturated carbocycles. The predicted octanol–water partition coefficient (Wildman–Crippen LogP) is 1.73. The summed E-state index contributed by atoms with van der Waals surface area (Å²) in [5, 5.41) is 7.89. The summed E-state index contributed by atoms with van der Waals surface area (Å²) in [6.07, 6.45) is 0. The molecular formula is C16H26N4. The van der Waals surface area contributed by atoms with Gasteiger partial charge in [0.05, 0.1) is 11.8 Å². The Kier molecular flexibility index (Phi) is 4.78. The molecule has 1 aliphatic heterocycles. The molecule has 1 saturated heterocycles. The van der Waals surface area contributed by atoms with Crippen LogP contribution in [-0.4, -0.2) is 54.4 Å². The number of nitrogens with two attached hydrogens (primary N) is 1. The fraction of sp³-hybridized carbons (Fsp3) is 0.562. The fourth-order valence-electron chi connectivity index (χ4n) is 2.99. The third kappa shape index (κ3) is 3.38. The Morgan fingerprint density at radius 2 is 1.80 bits per heavy atom. The van der Waals surface area contributed by atoms with Gasteiger partial charge in [0.25, 0.3) is 0 Å². The van der Waals surface area contributed by atoms with Gasteiger partial charge >= 0.3 is 0 Å². The number of nitrogens with one attached hydrogen (secondary N) is 1. The third-order valence-electron chi connectivity index (χ3n) is 4.45. The Morgan fingerprint density at radius 1 is 1.25 bits per heavy atom. The zero-order valence-corrected chi connectivity index (χ0v) is 12.7. The Labute approximate surface area is 122 Å². The van der Waals surface area contributed by atoms with E-state index in [1.165, 1.54) is 0 Å². The van der Waals surface area contributed by atoms with Crippen molar-refractivity contribution >= 4 is 5.84 Å². The lowest BCUT2D eigenvalue weighted by Crippen LogP contribution is -2.56. The van der Waals surface area contributed by atoms with E-state index >= 15 is 0 Å². The number of hydrogen-bond donors (Lipinski definition) is 2. The molecule has 0 aromatic heterocycles. The molecule has 3 atom stereocenters. The predicted molar refractivity (Wildman–Crippen MR) is 84.2 cm³/mol. The molecule has 3 N–H and O–H groups in total. The highest BCUT2D eigenvalue weighted by Crippen LogP contribution is 2.20. The van der Waals surface area contributed by atoms with Gasteiger partial charge in [-0.3, -0.25) is 15.2 Å². The second-order valence-corrected chi connectivity index (χ2v) is 6.00. The summed E-state index contributed by atoms with van der Waals surface area (Å²) >= 11 is 0. The molecule has 0 amide bonds. The lowest BCUT2D eigenvalue weighted by molar-refractivity contribution is 0.0594. The van der Waals surface area contributed by atoms with Crippen LogP contribution in [0.5, 0.6) is 0 Å². The van der Waals surface area contributed by atoms with E-state index in [1.54, 1.807) is 0 Å². The highest BCUT2D eigenvalue weighted by Gasteiger charge is 2.28. The number of hydrogen-bond acceptors (Lipinski definition) is 3. The van der Waals surface area contributed by atoms with Gasteiger partial charge in [0.2, 0.25) is 0 Å². The van der Waals surface area contributed by atoms with E-state index in [9.17, 15) is 0 Å². The molecule has 1 heterocycles. The van der Waals surface area contributed by atoms with Crippen LogP contribution in [0.1, 0.15) is 25.3 Å². The van der Waals surface area contributed by atoms with E-state index in [0.717, 1.165) is 25.2 Å². The first-order chi connectivity index (χ1) is 9.49. The van der Waals surface area contributed by atoms with E-state index in [-0.39, 0.29) is 11.8 Å². The Morgan fingerprint density at radius 3 is 2.30 bits per heavy atom. The Bertz CT molecular complexity index is 433. The second-order valence-electron chi connectivity index (χ2n) is 6.00. The molecule has 1 aliphatic rings. The van der Waals surface area contributed by atoms with Crippen molar-refractivity contribution in [3.8, 4) is 0 Å². The molecule has 20 heavy (non-hydrogen) atoms. The van der Waals surface area contributed by atoms with Gasteiger partial charge in [-0.1, -0.05) is 30.3 Å². The standard InChI is InChI=1S/C16H26N4/c1-12-9-20(10-13(2)19(12)3)11-15(16(17)18)14-7-5-4-6-8-14/h4-8,12-13,15H,9-11H2,1-3H3,(H3,17,18). The molecule has 1 aromatic carbocycles. The minimum atomic E-state index is -0.000920. The van der Waals surface area contributed by atoms with Crippen molar-refractivity contribution in [1.82, 2.24) is 9.80 Å². The van der Waals surface area contributed by atoms with E-state index in [4.69, 9.17) is 11.1 Å². The minimum Gasteiger partial charge on any atom is -0.387 e. The largest absolute Gasteiger partial charge is 0.387 e. The molecule has 1 fully saturated rings. The average Bonchev–Trinajstić information content (AvgIpc) is 2.42. The topological polar surface area (TPSA) is 56.4 Å². The lowest BCUT2D eigenvalue weighted by atomic mass is 9.96. The SMILES string of the molecule is CC1CN(CC(C(=N)N)c2ccccc2)CC(C)N1C. The number of amidine groups is 1. The zero-order valence-electron chi connectivity index (χ0n) is 12.7. The molecule has 110 valence electrons. The molecule has 4 nitrogen and oxygen atoms in total. The van der Waals surface area contributed by atoms with Crippen LogP contribution in [0, 0.1) is 5.41 Å². The van der Waals surface area contributed by atoms with E-state index in [2.05, 4.69) is 42.8 Å². The number of benzene rings is 1. The van der Waals surface area contributed by atoms with Crippen molar-refractivity contribution in [2.75, 3.05) is 26.7 Å².